The molecule has 3 aromatic rings. The average molecular weight is 540 g/mol. The van der Waals surface area contributed by atoms with Gasteiger partial charge in [0.2, 0.25) is 17.7 Å². The summed E-state index contributed by atoms with van der Waals surface area (Å²) in [7, 11) is -4.18. The first kappa shape index (κ1) is 28.0. The Morgan fingerprint density at radius 1 is 0.868 bits per heavy atom. The molecule has 1 heterocycles. The summed E-state index contributed by atoms with van der Waals surface area (Å²) in [4.78, 5) is 50.6. The number of imide groups is 1. The summed E-state index contributed by atoms with van der Waals surface area (Å²) < 4.78 is 31.9. The Kier molecular flexibility index (Phi) is 9.62. The Hall–Kier alpha value is -4.62. The summed E-state index contributed by atoms with van der Waals surface area (Å²) in [5, 5.41) is 4.67. The van der Waals surface area contributed by atoms with Gasteiger partial charge in [0.05, 0.1) is 23.4 Å². The van der Waals surface area contributed by atoms with Gasteiger partial charge in [-0.1, -0.05) is 42.5 Å². The summed E-state index contributed by atoms with van der Waals surface area (Å²) in [6, 6.07) is 17.6. The van der Waals surface area contributed by atoms with E-state index >= 15 is 0 Å². The zero-order chi connectivity index (χ0) is 27.5. The zero-order valence-electron chi connectivity index (χ0n) is 20.0. The molecule has 4 amide bonds. The molecule has 0 bridgehead atoms. The maximum atomic E-state index is 12.6. The van der Waals surface area contributed by atoms with Gasteiger partial charge in [0.15, 0.2) is 0 Å². The van der Waals surface area contributed by atoms with Crippen LogP contribution < -0.4 is 25.8 Å². The number of nitrogens with one attached hydrogen (secondary N) is 3. The van der Waals surface area contributed by atoms with Gasteiger partial charge < -0.3 is 15.8 Å². The molecule has 198 valence electrons. The molecule has 0 saturated carbocycles. The fourth-order valence-electron chi connectivity index (χ4n) is 3.13. The number of pyridine rings is 1. The van der Waals surface area contributed by atoms with Crippen molar-refractivity contribution in [1.82, 2.24) is 20.3 Å². The molecule has 0 spiro atoms. The minimum Gasteiger partial charge on any atom is -0.391 e. The van der Waals surface area contributed by atoms with E-state index in [1.165, 1.54) is 18.2 Å². The zero-order valence-corrected chi connectivity index (χ0v) is 20.9. The summed E-state index contributed by atoms with van der Waals surface area (Å²) in [6.07, 6.45) is 0.665. The SMILES string of the molecule is NCC(=O)NC(=O)Oc1ccc(C(=O)NS(=O)(=O)c2ccc(CCNC(=O)Cc3ccccc3)cc2)cn1. The molecule has 0 aliphatic carbocycles. The molecule has 12 nitrogen and oxygen atoms in total. The van der Waals surface area contributed by atoms with Crippen LogP contribution in [0.5, 0.6) is 5.88 Å². The first-order valence-corrected chi connectivity index (χ1v) is 12.8. The van der Waals surface area contributed by atoms with Gasteiger partial charge in [0.1, 0.15) is 0 Å². The highest BCUT2D eigenvalue weighted by molar-refractivity contribution is 7.90. The molecule has 5 N–H and O–H groups in total. The first-order chi connectivity index (χ1) is 18.2. The lowest BCUT2D eigenvalue weighted by Gasteiger charge is -2.09. The molecule has 38 heavy (non-hydrogen) atoms. The van der Waals surface area contributed by atoms with Crippen LogP contribution in [0.25, 0.3) is 0 Å². The number of carbonyl (C=O) groups excluding carboxylic acids is 4. The second-order valence-electron chi connectivity index (χ2n) is 7.87. The molecule has 2 aromatic carbocycles. The van der Waals surface area contributed by atoms with E-state index in [0.717, 1.165) is 23.4 Å². The Morgan fingerprint density at radius 3 is 2.21 bits per heavy atom. The third-order valence-electron chi connectivity index (χ3n) is 5.03. The normalized spacial score (nSPS) is 10.8. The van der Waals surface area contributed by atoms with Crippen LogP contribution in [0.2, 0.25) is 0 Å². The van der Waals surface area contributed by atoms with Crippen molar-refractivity contribution in [2.45, 2.75) is 17.7 Å². The van der Waals surface area contributed by atoms with E-state index in [4.69, 9.17) is 10.5 Å². The van der Waals surface area contributed by atoms with Crippen LogP contribution in [-0.4, -0.2) is 50.3 Å². The summed E-state index contributed by atoms with van der Waals surface area (Å²) in [5.41, 5.74) is 6.67. The largest absolute Gasteiger partial charge is 0.420 e. The van der Waals surface area contributed by atoms with Gasteiger partial charge in [0.25, 0.3) is 15.9 Å². The molecule has 0 aliphatic heterocycles. The number of benzene rings is 2. The average Bonchev–Trinajstić information content (AvgIpc) is 2.89. The Balaban J connectivity index is 1.50. The van der Waals surface area contributed by atoms with Gasteiger partial charge in [-0.25, -0.2) is 22.9 Å². The predicted octanol–water partition coefficient (Wildman–Crippen LogP) is 0.675. The molecule has 13 heteroatoms. The number of hydrogen-bond donors (Lipinski definition) is 4. The smallest absolute Gasteiger partial charge is 0.391 e. The third kappa shape index (κ3) is 8.50. The fraction of sp³-hybridized carbons (Fsp3) is 0.160. The van der Waals surface area contributed by atoms with Crippen LogP contribution in [0.15, 0.2) is 77.8 Å². The molecular weight excluding hydrogens is 514 g/mol. The molecule has 0 saturated heterocycles. The number of aromatic nitrogens is 1. The fourth-order valence-corrected chi connectivity index (χ4v) is 4.10. The van der Waals surface area contributed by atoms with Crippen molar-refractivity contribution in [3.63, 3.8) is 0 Å². The molecule has 3 rings (SSSR count). The second-order valence-corrected chi connectivity index (χ2v) is 9.55. The van der Waals surface area contributed by atoms with Gasteiger partial charge in [-0.15, -0.1) is 0 Å². The molecule has 0 radical (unpaired) electrons. The van der Waals surface area contributed by atoms with Crippen molar-refractivity contribution in [1.29, 1.82) is 0 Å². The maximum Gasteiger partial charge on any atom is 0.420 e. The Morgan fingerprint density at radius 2 is 1.58 bits per heavy atom. The Bertz CT molecular complexity index is 1390. The number of carbonyl (C=O) groups is 4. The van der Waals surface area contributed by atoms with E-state index in [1.807, 2.05) is 40.4 Å². The monoisotopic (exact) mass is 539 g/mol. The van der Waals surface area contributed by atoms with Crippen molar-refractivity contribution >= 4 is 33.8 Å². The standard InChI is InChI=1S/C25H25N5O7S/c26-15-22(32)29-25(34)37-23-11-8-19(16-28-23)24(33)30-38(35,36)20-9-6-17(7-10-20)12-13-27-21(31)14-18-4-2-1-3-5-18/h1-11,16H,12-15,26H2,(H,27,31)(H,30,33)(H,29,32,34). The number of ether oxygens (including phenoxy) is 1. The number of sulfonamides is 1. The second kappa shape index (κ2) is 13.1. The number of nitrogens with two attached hydrogens (primary N) is 1. The van der Waals surface area contributed by atoms with Crippen LogP contribution in [0.4, 0.5) is 4.79 Å². The molecule has 0 aliphatic rings. The summed E-state index contributed by atoms with van der Waals surface area (Å²) in [5.74, 6) is -2.04. The van der Waals surface area contributed by atoms with E-state index < -0.39 is 34.5 Å². The van der Waals surface area contributed by atoms with E-state index in [0.29, 0.717) is 13.0 Å². The minimum atomic E-state index is -4.18. The quantitative estimate of drug-likeness (QED) is 0.287. The number of hydrogen-bond acceptors (Lipinski definition) is 9. The van der Waals surface area contributed by atoms with Crippen LogP contribution in [0.1, 0.15) is 21.5 Å². The van der Waals surface area contributed by atoms with Crippen LogP contribution >= 0.6 is 0 Å². The predicted molar refractivity (Wildman–Crippen MR) is 135 cm³/mol. The van der Waals surface area contributed by atoms with Gasteiger partial charge in [-0.05, 0) is 35.7 Å². The molecule has 1 aromatic heterocycles. The van der Waals surface area contributed by atoms with Crippen molar-refractivity contribution in [2.24, 2.45) is 5.73 Å². The minimum absolute atomic E-state index is 0.109. The van der Waals surface area contributed by atoms with Crippen LogP contribution in [0.3, 0.4) is 0 Å². The Labute approximate surface area is 218 Å². The topological polar surface area (TPSA) is 187 Å². The van der Waals surface area contributed by atoms with Crippen LogP contribution in [-0.2, 0) is 32.5 Å². The van der Waals surface area contributed by atoms with Crippen molar-refractivity contribution in [2.75, 3.05) is 13.1 Å². The number of nitrogens with zero attached hydrogens (tertiary/aromatic N) is 1. The van der Waals surface area contributed by atoms with Gasteiger partial charge in [-0.2, -0.15) is 0 Å². The van der Waals surface area contributed by atoms with Crippen molar-refractivity contribution in [3.8, 4) is 5.88 Å². The molecule has 0 unspecified atom stereocenters. The van der Waals surface area contributed by atoms with E-state index in [-0.39, 0.29) is 28.7 Å². The third-order valence-corrected chi connectivity index (χ3v) is 6.37. The van der Waals surface area contributed by atoms with E-state index in [2.05, 4.69) is 10.3 Å². The van der Waals surface area contributed by atoms with Gasteiger partial charge in [-0.3, -0.25) is 19.7 Å². The summed E-state index contributed by atoms with van der Waals surface area (Å²) in [6.45, 7) is -0.0293. The van der Waals surface area contributed by atoms with Gasteiger partial charge in [0, 0.05) is 18.8 Å². The molecule has 0 fully saturated rings. The highest BCUT2D eigenvalue weighted by atomic mass is 32.2. The molecular formula is C25H25N5O7S. The molecule has 0 atom stereocenters. The summed E-state index contributed by atoms with van der Waals surface area (Å²) >= 11 is 0. The highest BCUT2D eigenvalue weighted by Gasteiger charge is 2.19. The number of amides is 4. The maximum absolute atomic E-state index is 12.6. The first-order valence-electron chi connectivity index (χ1n) is 11.3. The lowest BCUT2D eigenvalue weighted by atomic mass is 10.1. The van der Waals surface area contributed by atoms with E-state index in [9.17, 15) is 27.6 Å². The van der Waals surface area contributed by atoms with Crippen molar-refractivity contribution < 1.29 is 32.3 Å². The number of rotatable bonds is 10. The van der Waals surface area contributed by atoms with Crippen LogP contribution in [0, 0.1) is 0 Å². The lowest BCUT2D eigenvalue weighted by molar-refractivity contribution is -0.120. The van der Waals surface area contributed by atoms with E-state index in [1.54, 1.807) is 12.1 Å². The van der Waals surface area contributed by atoms with Gasteiger partial charge >= 0.3 is 6.09 Å². The lowest BCUT2D eigenvalue weighted by Crippen LogP contribution is -2.37. The van der Waals surface area contributed by atoms with Crippen molar-refractivity contribution in [3.05, 3.63) is 89.6 Å². The highest BCUT2D eigenvalue weighted by Crippen LogP contribution is 2.13.